The smallest absolute Gasteiger partial charge is 0.339 e. The Labute approximate surface area is 269 Å². The van der Waals surface area contributed by atoms with E-state index in [4.69, 9.17) is 18.9 Å². The molecule has 5 rings (SSSR count). The molecule has 1 saturated carbocycles. The van der Waals surface area contributed by atoms with Gasteiger partial charge in [-0.15, -0.1) is 0 Å². The lowest BCUT2D eigenvalue weighted by Crippen LogP contribution is -2.53. The van der Waals surface area contributed by atoms with Crippen molar-refractivity contribution in [3.8, 4) is 0 Å². The van der Waals surface area contributed by atoms with Crippen LogP contribution in [0.25, 0.3) is 0 Å². The molecule has 0 aromatic carbocycles. The number of hydrogen-bond donors (Lipinski definition) is 1. The molecule has 0 bridgehead atoms. The lowest BCUT2D eigenvalue weighted by Gasteiger charge is -2.48. The number of rotatable bonds is 12. The molecule has 4 aromatic heterocycles. The van der Waals surface area contributed by atoms with Gasteiger partial charge in [0.05, 0.1) is 33.8 Å². The Morgan fingerprint density at radius 3 is 1.21 bits per heavy atom. The van der Waals surface area contributed by atoms with Crippen molar-refractivity contribution in [1.29, 1.82) is 0 Å². The van der Waals surface area contributed by atoms with Crippen LogP contribution in [0.2, 0.25) is 0 Å². The van der Waals surface area contributed by atoms with Crippen LogP contribution < -0.4 is 0 Å². The maximum absolute atomic E-state index is 12.9. The maximum atomic E-state index is 12.9. The zero-order chi connectivity index (χ0) is 33.1. The van der Waals surface area contributed by atoms with Gasteiger partial charge in [-0.05, 0) is 67.8 Å². The molecule has 0 spiro atoms. The van der Waals surface area contributed by atoms with Crippen LogP contribution in [0.4, 0.5) is 0 Å². The summed E-state index contributed by atoms with van der Waals surface area (Å²) in [5.74, 6) is -2.62. The Balaban J connectivity index is 1.36. The number of aromatic nitrogens is 4. The van der Waals surface area contributed by atoms with Crippen LogP contribution in [0, 0.1) is 10.8 Å². The molecule has 0 amide bonds. The Kier molecular flexibility index (Phi) is 10.6. The third-order valence-electron chi connectivity index (χ3n) is 8.08. The molecule has 13 nitrogen and oxygen atoms in total. The second-order valence-corrected chi connectivity index (χ2v) is 11.4. The van der Waals surface area contributed by atoms with Crippen molar-refractivity contribution >= 4 is 23.9 Å². The minimum absolute atomic E-state index is 0.0531. The zero-order valence-corrected chi connectivity index (χ0v) is 25.3. The van der Waals surface area contributed by atoms with E-state index in [1.807, 2.05) is 0 Å². The van der Waals surface area contributed by atoms with E-state index >= 15 is 0 Å². The predicted octanol–water partition coefficient (Wildman–Crippen LogP) is 3.51. The van der Waals surface area contributed by atoms with Gasteiger partial charge in [0.25, 0.3) is 0 Å². The van der Waals surface area contributed by atoms with Crippen molar-refractivity contribution in [1.82, 2.24) is 19.9 Å². The van der Waals surface area contributed by atoms with Gasteiger partial charge in [0.1, 0.15) is 26.4 Å². The van der Waals surface area contributed by atoms with E-state index in [0.717, 1.165) is 0 Å². The van der Waals surface area contributed by atoms with Crippen molar-refractivity contribution in [3.05, 3.63) is 120 Å². The lowest BCUT2D eigenvalue weighted by molar-refractivity contribution is -0.136. The second-order valence-electron chi connectivity index (χ2n) is 11.4. The molecule has 1 N–H and O–H groups in total. The highest BCUT2D eigenvalue weighted by Gasteiger charge is 2.52. The fourth-order valence-corrected chi connectivity index (χ4v) is 5.21. The van der Waals surface area contributed by atoms with Gasteiger partial charge in [-0.1, -0.05) is 0 Å². The van der Waals surface area contributed by atoms with E-state index in [2.05, 4.69) is 19.9 Å². The van der Waals surface area contributed by atoms with Gasteiger partial charge in [0, 0.05) is 55.0 Å². The average Bonchev–Trinajstić information content (AvgIpc) is 3.13. The molecule has 1 unspecified atom stereocenters. The molecule has 0 aliphatic heterocycles. The lowest BCUT2D eigenvalue weighted by atomic mass is 9.62. The van der Waals surface area contributed by atoms with Crippen LogP contribution in [-0.2, 0) is 18.9 Å². The number of aliphatic hydroxyl groups is 1. The Bertz CT molecular complexity index is 1550. The molecule has 4 aromatic rings. The normalized spacial score (nSPS) is 16.3. The number of hydrogen-bond acceptors (Lipinski definition) is 13. The summed E-state index contributed by atoms with van der Waals surface area (Å²) in [6.07, 6.45) is 10.6. The Morgan fingerprint density at radius 2 is 0.915 bits per heavy atom. The molecule has 1 atom stereocenters. The summed E-state index contributed by atoms with van der Waals surface area (Å²) in [6, 6.07) is 12.6. The monoisotopic (exact) mass is 640 g/mol. The van der Waals surface area contributed by atoms with E-state index in [1.54, 1.807) is 48.5 Å². The molecule has 4 heterocycles. The minimum atomic E-state index is -1.26. The number of carbonyl (C=O) groups is 4. The fourth-order valence-electron chi connectivity index (χ4n) is 5.21. The summed E-state index contributed by atoms with van der Waals surface area (Å²) in [4.78, 5) is 67.2. The van der Waals surface area contributed by atoms with Gasteiger partial charge in [-0.2, -0.15) is 0 Å². The van der Waals surface area contributed by atoms with Gasteiger partial charge in [0.2, 0.25) is 0 Å². The number of pyridine rings is 4. The zero-order valence-electron chi connectivity index (χ0n) is 25.3. The number of carbonyl (C=O) groups excluding carboxylic acids is 4. The van der Waals surface area contributed by atoms with Gasteiger partial charge in [-0.25, -0.2) is 19.2 Å². The molecule has 1 fully saturated rings. The van der Waals surface area contributed by atoms with Gasteiger partial charge >= 0.3 is 23.9 Å². The van der Waals surface area contributed by atoms with Crippen LogP contribution in [0.3, 0.4) is 0 Å². The van der Waals surface area contributed by atoms with Crippen LogP contribution in [0.1, 0.15) is 60.7 Å². The summed E-state index contributed by atoms with van der Waals surface area (Å²) in [5.41, 5.74) is -1.42. The van der Waals surface area contributed by atoms with Crippen molar-refractivity contribution in [3.63, 3.8) is 0 Å². The van der Waals surface area contributed by atoms with Crippen LogP contribution in [0.5, 0.6) is 0 Å². The third-order valence-corrected chi connectivity index (χ3v) is 8.08. The number of ether oxygens (including phenoxy) is 4. The quantitative estimate of drug-likeness (QED) is 0.176. The third kappa shape index (κ3) is 8.38. The maximum Gasteiger partial charge on any atom is 0.339 e. The first kappa shape index (κ1) is 32.8. The predicted molar refractivity (Wildman–Crippen MR) is 163 cm³/mol. The van der Waals surface area contributed by atoms with E-state index in [9.17, 15) is 24.3 Å². The van der Waals surface area contributed by atoms with Crippen molar-refractivity contribution in [2.24, 2.45) is 10.8 Å². The fraction of sp³-hybridized carbons (Fsp3) is 0.294. The van der Waals surface area contributed by atoms with Crippen molar-refractivity contribution in [2.45, 2.75) is 25.4 Å². The minimum Gasteiger partial charge on any atom is -0.461 e. The molecule has 47 heavy (non-hydrogen) atoms. The molecule has 13 heteroatoms. The molecule has 1 aliphatic carbocycles. The Morgan fingerprint density at radius 1 is 0.574 bits per heavy atom. The highest BCUT2D eigenvalue weighted by molar-refractivity contribution is 5.90. The summed E-state index contributed by atoms with van der Waals surface area (Å²) < 4.78 is 22.6. The van der Waals surface area contributed by atoms with E-state index in [1.165, 1.54) is 49.6 Å². The first-order valence-corrected chi connectivity index (χ1v) is 14.8. The largest absolute Gasteiger partial charge is 0.461 e. The highest BCUT2D eigenvalue weighted by atomic mass is 16.6. The van der Waals surface area contributed by atoms with Crippen LogP contribution in [0.15, 0.2) is 98.1 Å². The van der Waals surface area contributed by atoms with Crippen LogP contribution >= 0.6 is 0 Å². The topological polar surface area (TPSA) is 177 Å². The molecule has 1 aliphatic rings. The molecule has 0 radical (unpaired) electrons. The SMILES string of the molecule is O=C(OCC1(COC(=O)c2cccnc2)CCC(COC(=O)c2cccnc2)(COC(=O)c2cccnc2)C(O)C1)c1cccnc1. The van der Waals surface area contributed by atoms with Gasteiger partial charge < -0.3 is 24.1 Å². The number of aliphatic hydroxyl groups excluding tert-OH is 1. The van der Waals surface area contributed by atoms with E-state index in [0.29, 0.717) is 0 Å². The summed E-state index contributed by atoms with van der Waals surface area (Å²) in [6.45, 7) is -1.02. The van der Waals surface area contributed by atoms with Gasteiger partial charge in [-0.3, -0.25) is 19.9 Å². The van der Waals surface area contributed by atoms with Crippen LogP contribution in [-0.4, -0.2) is 81.5 Å². The molecular formula is C34H32N4O9. The van der Waals surface area contributed by atoms with Gasteiger partial charge in [0.15, 0.2) is 0 Å². The molecule has 242 valence electrons. The summed E-state index contributed by atoms with van der Waals surface area (Å²) >= 11 is 0. The summed E-state index contributed by atoms with van der Waals surface area (Å²) in [5, 5.41) is 11.8. The summed E-state index contributed by atoms with van der Waals surface area (Å²) in [7, 11) is 0. The molecule has 0 saturated heterocycles. The van der Waals surface area contributed by atoms with Crippen molar-refractivity contribution in [2.75, 3.05) is 26.4 Å². The highest BCUT2D eigenvalue weighted by Crippen LogP contribution is 2.47. The van der Waals surface area contributed by atoms with E-state index < -0.39 is 40.8 Å². The number of nitrogens with zero attached hydrogens (tertiary/aromatic N) is 4. The second kappa shape index (κ2) is 15.1. The first-order chi connectivity index (χ1) is 22.8. The standard InChI is InChI=1S/C34H32N4O9/c39-28-15-33(20-44-29(40)24-5-1-11-35-16-24,21-45-30(41)25-6-2-12-36-17-25)9-10-34(28,22-46-31(42)26-7-3-13-37-18-26)23-47-32(43)27-8-4-14-38-19-27/h1-8,11-14,16-19,28,39H,9-10,15,20-23H2. The molecular weight excluding hydrogens is 608 g/mol. The Hall–Kier alpha value is -5.56. The van der Waals surface area contributed by atoms with E-state index in [-0.39, 0.29) is 67.9 Å². The average molecular weight is 641 g/mol. The number of esters is 4. The van der Waals surface area contributed by atoms with Crippen molar-refractivity contribution < 1.29 is 43.2 Å². The first-order valence-electron chi connectivity index (χ1n) is 14.8.